The minimum atomic E-state index is -0.342. The summed E-state index contributed by atoms with van der Waals surface area (Å²) in [7, 11) is 1.49. The lowest BCUT2D eigenvalue weighted by atomic mass is 10.4. The molecule has 0 aromatic rings. The third kappa shape index (κ3) is 5.60. The maximum absolute atomic E-state index is 10.8. The van der Waals surface area contributed by atoms with Crippen LogP contribution in [0.15, 0.2) is 0 Å². The van der Waals surface area contributed by atoms with Gasteiger partial charge in [0, 0.05) is 7.05 Å². The lowest BCUT2D eigenvalue weighted by molar-refractivity contribution is -0.125. The molecule has 0 radical (unpaired) electrons. The molecule has 0 aromatic carbocycles. The van der Waals surface area contributed by atoms with Gasteiger partial charge in [-0.05, 0) is 0 Å². The Hall–Kier alpha value is -1.17. The molecule has 0 aliphatic rings. The first-order valence-corrected chi connectivity index (χ1v) is 3.72. The van der Waals surface area contributed by atoms with Gasteiger partial charge in [-0.25, -0.2) is 0 Å². The van der Waals surface area contributed by atoms with Crippen LogP contribution in [-0.4, -0.2) is 30.4 Å². The summed E-state index contributed by atoms with van der Waals surface area (Å²) in [5.41, 5.74) is 5.10. The number of nitrogens with one attached hydrogen (secondary N) is 2. The van der Waals surface area contributed by atoms with Gasteiger partial charge >= 0.3 is 0 Å². The van der Waals surface area contributed by atoms with Crippen LogP contribution in [0, 0.1) is 0 Å². The van der Waals surface area contributed by atoms with Crippen molar-refractivity contribution < 1.29 is 9.59 Å². The van der Waals surface area contributed by atoms with Crippen molar-refractivity contribution in [3.05, 3.63) is 0 Å². The Morgan fingerprint density at radius 1 is 1.42 bits per heavy atom. The molecule has 0 spiro atoms. The van der Waals surface area contributed by atoms with Gasteiger partial charge in [0.15, 0.2) is 0 Å². The fraction of sp³-hybridized carbons (Fsp3) is 0.500. The average molecular weight is 189 g/mol. The molecule has 6 heteroatoms. The predicted octanol–water partition coefficient (Wildman–Crippen LogP) is -1.48. The van der Waals surface area contributed by atoms with Crippen LogP contribution in [0.4, 0.5) is 0 Å². The molecular weight excluding hydrogens is 178 g/mol. The summed E-state index contributed by atoms with van der Waals surface area (Å²) in [6.45, 7) is -0.0437. The van der Waals surface area contributed by atoms with Crippen molar-refractivity contribution in [2.45, 2.75) is 6.42 Å². The molecule has 68 valence electrons. The molecule has 5 nitrogen and oxygen atoms in total. The van der Waals surface area contributed by atoms with E-state index in [0.717, 1.165) is 0 Å². The van der Waals surface area contributed by atoms with Gasteiger partial charge in [-0.15, -0.1) is 0 Å². The summed E-state index contributed by atoms with van der Waals surface area (Å²) >= 11 is 4.50. The molecule has 0 heterocycles. The number of amides is 2. The number of hydrogen-bond donors (Lipinski definition) is 3. The van der Waals surface area contributed by atoms with Crippen molar-refractivity contribution in [1.82, 2.24) is 10.6 Å². The van der Waals surface area contributed by atoms with Crippen molar-refractivity contribution >= 4 is 29.0 Å². The summed E-state index contributed by atoms with van der Waals surface area (Å²) in [5, 5.41) is 4.70. The topological polar surface area (TPSA) is 84.2 Å². The van der Waals surface area contributed by atoms with Gasteiger partial charge in [0.1, 0.15) is 0 Å². The molecule has 0 fully saturated rings. The average Bonchev–Trinajstić information content (AvgIpc) is 1.99. The first-order chi connectivity index (χ1) is 5.56. The zero-order chi connectivity index (χ0) is 9.56. The van der Waals surface area contributed by atoms with Gasteiger partial charge in [-0.1, -0.05) is 12.2 Å². The van der Waals surface area contributed by atoms with Crippen molar-refractivity contribution in [3.8, 4) is 0 Å². The van der Waals surface area contributed by atoms with E-state index < -0.39 is 0 Å². The van der Waals surface area contributed by atoms with Gasteiger partial charge in [0.2, 0.25) is 11.8 Å². The second kappa shape index (κ2) is 5.48. The standard InChI is InChI=1S/C6H11N3O2S/c1-8-6(11)3-9-5(10)2-4(7)12/h2-3H2,1H3,(H2,7,12)(H,8,11)(H,9,10). The summed E-state index contributed by atoms with van der Waals surface area (Å²) in [6, 6.07) is 0. The first-order valence-electron chi connectivity index (χ1n) is 3.32. The van der Waals surface area contributed by atoms with Crippen LogP contribution in [0.25, 0.3) is 0 Å². The number of rotatable bonds is 4. The van der Waals surface area contributed by atoms with E-state index in [1.54, 1.807) is 0 Å². The molecule has 0 atom stereocenters. The molecule has 0 saturated heterocycles. The SMILES string of the molecule is CNC(=O)CNC(=O)CC(N)=S. The van der Waals surface area contributed by atoms with E-state index in [-0.39, 0.29) is 29.8 Å². The highest BCUT2D eigenvalue weighted by Crippen LogP contribution is 1.78. The van der Waals surface area contributed by atoms with Gasteiger partial charge in [0.05, 0.1) is 18.0 Å². The van der Waals surface area contributed by atoms with E-state index >= 15 is 0 Å². The molecule has 0 bridgehead atoms. The molecule has 0 unspecified atom stereocenters. The Balaban J connectivity index is 3.57. The number of hydrogen-bond acceptors (Lipinski definition) is 3. The molecule has 0 aliphatic carbocycles. The van der Waals surface area contributed by atoms with Gasteiger partial charge in [-0.2, -0.15) is 0 Å². The maximum Gasteiger partial charge on any atom is 0.239 e. The molecule has 0 aromatic heterocycles. The van der Waals surface area contributed by atoms with E-state index in [2.05, 4.69) is 22.9 Å². The molecule has 0 rings (SSSR count). The number of carbonyl (C=O) groups excluding carboxylic acids is 2. The molecule has 2 amide bonds. The summed E-state index contributed by atoms with van der Waals surface area (Å²) in [6.07, 6.45) is -0.0215. The van der Waals surface area contributed by atoms with Gasteiger partial charge in [0.25, 0.3) is 0 Å². The Bertz CT molecular complexity index is 205. The molecule has 12 heavy (non-hydrogen) atoms. The smallest absolute Gasteiger partial charge is 0.239 e. The minimum absolute atomic E-state index is 0.0215. The van der Waals surface area contributed by atoms with Crippen molar-refractivity contribution in [2.24, 2.45) is 5.73 Å². The number of likely N-dealkylation sites (N-methyl/N-ethyl adjacent to an activating group) is 1. The normalized spacial score (nSPS) is 8.75. The van der Waals surface area contributed by atoms with E-state index in [9.17, 15) is 9.59 Å². The Morgan fingerprint density at radius 2 is 2.00 bits per heavy atom. The molecular formula is C6H11N3O2S. The van der Waals surface area contributed by atoms with Crippen LogP contribution in [0.5, 0.6) is 0 Å². The summed E-state index contributed by atoms with van der Waals surface area (Å²) in [5.74, 6) is -0.600. The van der Waals surface area contributed by atoms with E-state index in [1.807, 2.05) is 0 Å². The van der Waals surface area contributed by atoms with Crippen LogP contribution in [0.1, 0.15) is 6.42 Å². The Morgan fingerprint density at radius 3 is 2.42 bits per heavy atom. The van der Waals surface area contributed by atoms with Crippen molar-refractivity contribution in [1.29, 1.82) is 0 Å². The molecule has 0 aliphatic heterocycles. The van der Waals surface area contributed by atoms with Crippen LogP contribution in [0.3, 0.4) is 0 Å². The van der Waals surface area contributed by atoms with Gasteiger partial charge in [-0.3, -0.25) is 9.59 Å². The first kappa shape index (κ1) is 10.8. The number of carbonyl (C=O) groups is 2. The van der Waals surface area contributed by atoms with Gasteiger partial charge < -0.3 is 16.4 Å². The van der Waals surface area contributed by atoms with E-state index in [0.29, 0.717) is 0 Å². The third-order valence-corrected chi connectivity index (χ3v) is 1.20. The highest BCUT2D eigenvalue weighted by atomic mass is 32.1. The van der Waals surface area contributed by atoms with Crippen molar-refractivity contribution in [3.63, 3.8) is 0 Å². The predicted molar refractivity (Wildman–Crippen MR) is 48.5 cm³/mol. The fourth-order valence-corrected chi connectivity index (χ4v) is 0.619. The summed E-state index contributed by atoms with van der Waals surface area (Å²) in [4.78, 5) is 21.5. The maximum atomic E-state index is 10.8. The highest BCUT2D eigenvalue weighted by Gasteiger charge is 2.04. The monoisotopic (exact) mass is 189 g/mol. The lowest BCUT2D eigenvalue weighted by Gasteiger charge is -2.02. The third-order valence-electron chi connectivity index (χ3n) is 1.06. The Kier molecular flexibility index (Phi) is 4.94. The second-order valence-corrected chi connectivity index (χ2v) is 2.62. The van der Waals surface area contributed by atoms with E-state index in [1.165, 1.54) is 7.05 Å². The van der Waals surface area contributed by atoms with Crippen LogP contribution in [0.2, 0.25) is 0 Å². The zero-order valence-corrected chi connectivity index (χ0v) is 7.53. The number of thiocarbonyl (C=S) groups is 1. The fourth-order valence-electron chi connectivity index (χ4n) is 0.488. The molecule has 0 saturated carbocycles. The van der Waals surface area contributed by atoms with Crippen LogP contribution >= 0.6 is 12.2 Å². The quantitative estimate of drug-likeness (QED) is 0.471. The van der Waals surface area contributed by atoms with Crippen molar-refractivity contribution in [2.75, 3.05) is 13.6 Å². The molecule has 4 N–H and O–H groups in total. The highest BCUT2D eigenvalue weighted by molar-refractivity contribution is 7.80. The number of nitrogens with two attached hydrogens (primary N) is 1. The zero-order valence-electron chi connectivity index (χ0n) is 6.72. The Labute approximate surface area is 75.7 Å². The minimum Gasteiger partial charge on any atom is -0.393 e. The van der Waals surface area contributed by atoms with Crippen LogP contribution in [-0.2, 0) is 9.59 Å². The largest absolute Gasteiger partial charge is 0.393 e. The van der Waals surface area contributed by atoms with Crippen LogP contribution < -0.4 is 16.4 Å². The summed E-state index contributed by atoms with van der Waals surface area (Å²) < 4.78 is 0. The van der Waals surface area contributed by atoms with E-state index in [4.69, 9.17) is 5.73 Å². The second-order valence-electron chi connectivity index (χ2n) is 2.09. The lowest BCUT2D eigenvalue weighted by Crippen LogP contribution is -2.36.